The van der Waals surface area contributed by atoms with Crippen molar-refractivity contribution in [1.29, 1.82) is 0 Å². The summed E-state index contributed by atoms with van der Waals surface area (Å²) >= 11 is -1.94. The molecule has 30 heavy (non-hydrogen) atoms. The van der Waals surface area contributed by atoms with Crippen molar-refractivity contribution in [2.75, 3.05) is 10.8 Å². The molecule has 0 bridgehead atoms. The van der Waals surface area contributed by atoms with Crippen LogP contribution in [0, 0.1) is 0 Å². The Labute approximate surface area is 174 Å². The van der Waals surface area contributed by atoms with Gasteiger partial charge in [0.1, 0.15) is 0 Å². The molecule has 2 aromatic rings. The van der Waals surface area contributed by atoms with E-state index in [0.717, 1.165) is 16.0 Å². The Hall–Kier alpha value is -3.28. The minimum absolute atomic E-state index is 0.0579. The van der Waals surface area contributed by atoms with E-state index in [-0.39, 0.29) is 23.7 Å². The maximum atomic E-state index is 12.8. The summed E-state index contributed by atoms with van der Waals surface area (Å²) in [4.78, 5) is 37.6. The number of benzene rings is 2. The molecule has 158 valence electrons. The number of carbonyl (C=O) groups is 3. The lowest BCUT2D eigenvalue weighted by Gasteiger charge is -2.34. The lowest BCUT2D eigenvalue weighted by molar-refractivity contribution is -0.139. The van der Waals surface area contributed by atoms with Crippen LogP contribution in [0.4, 0.5) is 10.5 Å². The van der Waals surface area contributed by atoms with E-state index in [9.17, 15) is 23.7 Å². The van der Waals surface area contributed by atoms with Crippen LogP contribution < -0.4 is 20.9 Å². The van der Waals surface area contributed by atoms with Crippen molar-refractivity contribution in [2.24, 2.45) is 0 Å². The predicted octanol–water partition coefficient (Wildman–Crippen LogP) is 0.826. The molecule has 0 aliphatic carbocycles. The van der Waals surface area contributed by atoms with Gasteiger partial charge in [0.2, 0.25) is 6.17 Å². The topological polar surface area (TPSA) is 148 Å². The van der Waals surface area contributed by atoms with E-state index >= 15 is 0 Å². The molecule has 3 rings (SSSR count). The lowest BCUT2D eigenvalue weighted by atomic mass is 10.1. The summed E-state index contributed by atoms with van der Waals surface area (Å²) in [7, 11) is 0. The fraction of sp³-hybridized carbons (Fsp3) is 0.211. The smallest absolute Gasteiger partial charge is 0.347 e. The fourth-order valence-electron chi connectivity index (χ4n) is 3.08. The van der Waals surface area contributed by atoms with Crippen LogP contribution in [0.15, 0.2) is 48.5 Å². The molecule has 0 saturated heterocycles. The van der Waals surface area contributed by atoms with Gasteiger partial charge in [0.25, 0.3) is 5.91 Å². The van der Waals surface area contributed by atoms with Gasteiger partial charge in [0.05, 0.1) is 17.1 Å². The Bertz CT molecular complexity index is 998. The molecule has 0 saturated carbocycles. The first-order chi connectivity index (χ1) is 14.4. The molecule has 10 nitrogen and oxygen atoms in total. The van der Waals surface area contributed by atoms with Crippen LogP contribution in [0.2, 0.25) is 0 Å². The Morgan fingerprint density at radius 3 is 2.50 bits per heavy atom. The first-order valence-electron chi connectivity index (χ1n) is 8.92. The largest absolute Gasteiger partial charge is 0.478 e. The maximum Gasteiger partial charge on any atom is 0.347 e. The molecule has 3 amide bonds. The van der Waals surface area contributed by atoms with Gasteiger partial charge in [0.15, 0.2) is 11.1 Å². The van der Waals surface area contributed by atoms with E-state index in [1.807, 2.05) is 12.1 Å². The summed E-state index contributed by atoms with van der Waals surface area (Å²) in [5.41, 5.74) is 2.03. The third kappa shape index (κ3) is 5.00. The van der Waals surface area contributed by atoms with E-state index in [0.29, 0.717) is 6.54 Å². The minimum atomic E-state index is -1.94. The minimum Gasteiger partial charge on any atom is -0.478 e. The van der Waals surface area contributed by atoms with Crippen molar-refractivity contribution >= 4 is 34.7 Å². The number of carboxylic acid groups (broad SMARTS) is 1. The Balaban J connectivity index is 1.72. The van der Waals surface area contributed by atoms with Gasteiger partial charge in [0, 0.05) is 13.1 Å². The van der Waals surface area contributed by atoms with Crippen molar-refractivity contribution in [3.05, 3.63) is 65.2 Å². The number of anilines is 1. The van der Waals surface area contributed by atoms with Gasteiger partial charge in [-0.25, -0.2) is 13.8 Å². The number of carboxylic acids is 1. The number of amides is 3. The van der Waals surface area contributed by atoms with Gasteiger partial charge in [-0.1, -0.05) is 36.4 Å². The third-order valence-electron chi connectivity index (χ3n) is 4.38. The van der Waals surface area contributed by atoms with Crippen LogP contribution in [-0.2, 0) is 29.0 Å². The highest BCUT2D eigenvalue weighted by atomic mass is 32.2. The number of urea groups is 1. The molecule has 2 unspecified atom stereocenters. The van der Waals surface area contributed by atoms with Crippen LogP contribution in [0.1, 0.15) is 21.5 Å². The summed E-state index contributed by atoms with van der Waals surface area (Å²) < 4.78 is 19.5. The van der Waals surface area contributed by atoms with Gasteiger partial charge >= 0.3 is 12.0 Å². The predicted molar refractivity (Wildman–Crippen MR) is 109 cm³/mol. The second kappa shape index (κ2) is 9.48. The van der Waals surface area contributed by atoms with Crippen molar-refractivity contribution < 1.29 is 28.3 Å². The van der Waals surface area contributed by atoms with Crippen molar-refractivity contribution in [1.82, 2.24) is 16.0 Å². The number of carbonyl (C=O) groups excluding carboxylic acids is 2. The first-order valence-corrected chi connectivity index (χ1v) is 10.2. The van der Waals surface area contributed by atoms with E-state index in [2.05, 4.69) is 16.0 Å². The average Bonchev–Trinajstić information content (AvgIpc) is 2.72. The molecule has 1 aliphatic heterocycles. The van der Waals surface area contributed by atoms with Gasteiger partial charge in [-0.15, -0.1) is 0 Å². The molecule has 0 spiro atoms. The Morgan fingerprint density at radius 1 is 1.10 bits per heavy atom. The van der Waals surface area contributed by atoms with Crippen LogP contribution in [0.3, 0.4) is 0 Å². The standard InChI is InChI=1S/C19H20N4O6S/c24-17-14-6-1-2-7-15(14)23(16(22-17)18(25)26)19(27)21-10-13-5-3-4-12(8-13)9-20-11-30(28)29/h1-8,16,20H,9-11H2,(H,21,27)(H,22,24)(H,25,26)(H,28,29). The van der Waals surface area contributed by atoms with Crippen LogP contribution >= 0.6 is 0 Å². The molecular weight excluding hydrogens is 412 g/mol. The summed E-state index contributed by atoms with van der Waals surface area (Å²) in [6.45, 7) is 0.498. The van der Waals surface area contributed by atoms with E-state index in [1.54, 1.807) is 24.3 Å². The zero-order valence-corrected chi connectivity index (χ0v) is 16.5. The number of rotatable bonds is 7. The molecular formula is C19H20N4O6S. The number of hydrogen-bond acceptors (Lipinski definition) is 5. The average molecular weight is 432 g/mol. The number of hydrogen-bond donors (Lipinski definition) is 5. The summed E-state index contributed by atoms with van der Waals surface area (Å²) in [6, 6.07) is 12.8. The number of aliphatic carboxylic acids is 1. The molecule has 0 fully saturated rings. The summed E-state index contributed by atoms with van der Waals surface area (Å²) in [5.74, 6) is -1.98. The monoisotopic (exact) mass is 432 g/mol. The van der Waals surface area contributed by atoms with E-state index in [4.69, 9.17) is 4.55 Å². The molecule has 2 aromatic carbocycles. The first kappa shape index (κ1) is 21.4. The molecule has 0 radical (unpaired) electrons. The van der Waals surface area contributed by atoms with Gasteiger partial charge < -0.3 is 20.3 Å². The number of para-hydroxylation sites is 1. The molecule has 1 heterocycles. The van der Waals surface area contributed by atoms with Crippen LogP contribution in [0.25, 0.3) is 0 Å². The lowest BCUT2D eigenvalue weighted by Crippen LogP contribution is -2.61. The highest BCUT2D eigenvalue weighted by Gasteiger charge is 2.38. The van der Waals surface area contributed by atoms with Crippen molar-refractivity contribution in [3.63, 3.8) is 0 Å². The number of nitrogens with zero attached hydrogens (tertiary/aromatic N) is 1. The Morgan fingerprint density at radius 2 is 1.80 bits per heavy atom. The van der Waals surface area contributed by atoms with Gasteiger partial charge in [-0.3, -0.25) is 15.0 Å². The van der Waals surface area contributed by atoms with Gasteiger partial charge in [-0.2, -0.15) is 0 Å². The highest BCUT2D eigenvalue weighted by Crippen LogP contribution is 2.26. The normalized spacial score (nSPS) is 16.4. The zero-order chi connectivity index (χ0) is 21.7. The molecule has 0 aromatic heterocycles. The fourth-order valence-corrected chi connectivity index (χ4v) is 3.35. The number of fused-ring (bicyclic) bond motifs is 1. The second-order valence-electron chi connectivity index (χ2n) is 6.47. The second-order valence-corrected chi connectivity index (χ2v) is 7.40. The maximum absolute atomic E-state index is 12.8. The van der Waals surface area contributed by atoms with E-state index < -0.39 is 35.2 Å². The zero-order valence-electron chi connectivity index (χ0n) is 15.7. The van der Waals surface area contributed by atoms with Crippen molar-refractivity contribution in [2.45, 2.75) is 19.3 Å². The van der Waals surface area contributed by atoms with Crippen LogP contribution in [-0.4, -0.2) is 43.8 Å². The molecule has 1 aliphatic rings. The summed E-state index contributed by atoms with van der Waals surface area (Å²) in [5, 5.41) is 17.3. The Kier molecular flexibility index (Phi) is 6.77. The molecule has 5 N–H and O–H groups in total. The third-order valence-corrected chi connectivity index (χ3v) is 4.83. The summed E-state index contributed by atoms with van der Waals surface area (Å²) in [6.07, 6.45) is -1.53. The van der Waals surface area contributed by atoms with Crippen LogP contribution in [0.5, 0.6) is 0 Å². The highest BCUT2D eigenvalue weighted by molar-refractivity contribution is 7.79. The molecule has 2 atom stereocenters. The van der Waals surface area contributed by atoms with Gasteiger partial charge in [-0.05, 0) is 23.3 Å². The quantitative estimate of drug-likeness (QED) is 0.407. The molecule has 11 heteroatoms. The van der Waals surface area contributed by atoms with E-state index in [1.165, 1.54) is 12.1 Å². The number of nitrogens with one attached hydrogen (secondary N) is 3. The van der Waals surface area contributed by atoms with Crippen molar-refractivity contribution in [3.8, 4) is 0 Å². The SMILES string of the molecule is O=C1NC(C(=O)O)N(C(=O)NCc2cccc(CNCS(=O)O)c2)c2ccccc21.